The zero-order chi connectivity index (χ0) is 17.6. The van der Waals surface area contributed by atoms with Crippen LogP contribution in [0.25, 0.3) is 0 Å². The fraction of sp³-hybridized carbons (Fsp3) is 0.364. The molecule has 2 aromatic carbocycles. The van der Waals surface area contributed by atoms with Gasteiger partial charge in [-0.1, -0.05) is 48.0 Å². The van der Waals surface area contributed by atoms with Gasteiger partial charge in [-0.3, -0.25) is 9.59 Å². The Morgan fingerprint density at radius 1 is 0.880 bits per heavy atom. The Kier molecular flexibility index (Phi) is 3.95. The third-order valence-corrected chi connectivity index (χ3v) is 5.79. The first kappa shape index (κ1) is 16.1. The van der Waals surface area contributed by atoms with Gasteiger partial charge in [0.15, 0.2) is 0 Å². The van der Waals surface area contributed by atoms with E-state index in [-0.39, 0.29) is 23.7 Å². The molecule has 0 spiro atoms. The van der Waals surface area contributed by atoms with Crippen molar-refractivity contribution in [3.8, 4) is 0 Å². The van der Waals surface area contributed by atoms with E-state index in [4.69, 9.17) is 0 Å². The molecule has 2 aliphatic rings. The number of rotatable bonds is 2. The molecule has 2 fully saturated rings. The summed E-state index contributed by atoms with van der Waals surface area (Å²) in [4.78, 5) is 27.5. The summed E-state index contributed by atoms with van der Waals surface area (Å²) in [7, 11) is 0. The van der Waals surface area contributed by atoms with E-state index < -0.39 is 0 Å². The number of benzene rings is 2. The van der Waals surface area contributed by atoms with E-state index in [0.717, 1.165) is 36.1 Å². The summed E-state index contributed by atoms with van der Waals surface area (Å²) in [6, 6.07) is 16.3. The minimum absolute atomic E-state index is 0.00605. The molecule has 1 saturated carbocycles. The molecule has 3 atom stereocenters. The molecule has 1 heterocycles. The number of carbonyl (C=O) groups excluding carboxylic acids is 2. The maximum atomic E-state index is 13.1. The maximum Gasteiger partial charge on any atom is 0.237 e. The zero-order valence-corrected chi connectivity index (χ0v) is 14.7. The second-order valence-corrected chi connectivity index (χ2v) is 7.44. The third-order valence-electron chi connectivity index (χ3n) is 5.79. The molecule has 1 aliphatic carbocycles. The number of aryl methyl sites for hydroxylation is 2. The van der Waals surface area contributed by atoms with E-state index in [1.54, 1.807) is 0 Å². The lowest BCUT2D eigenvalue weighted by atomic mass is 9.73. The Morgan fingerprint density at radius 2 is 1.60 bits per heavy atom. The van der Waals surface area contributed by atoms with Gasteiger partial charge in [0.2, 0.25) is 11.8 Å². The number of nitrogens with zero attached hydrogens (tertiary/aromatic N) is 1. The van der Waals surface area contributed by atoms with E-state index in [9.17, 15) is 9.59 Å². The minimum atomic E-state index is -0.174. The lowest BCUT2D eigenvalue weighted by molar-refractivity contribution is -0.122. The second-order valence-electron chi connectivity index (χ2n) is 7.44. The predicted octanol–water partition coefficient (Wildman–Crippen LogP) is 4.38. The molecule has 0 bridgehead atoms. The number of imide groups is 1. The molecule has 1 aliphatic heterocycles. The fourth-order valence-electron chi connectivity index (χ4n) is 4.50. The number of fused-ring (bicyclic) bond motifs is 1. The van der Waals surface area contributed by atoms with Gasteiger partial charge < -0.3 is 0 Å². The number of hydrogen-bond donors (Lipinski definition) is 0. The summed E-state index contributed by atoms with van der Waals surface area (Å²) in [5, 5.41) is 0. The molecule has 0 N–H and O–H groups in total. The lowest BCUT2D eigenvalue weighted by Crippen LogP contribution is -2.31. The van der Waals surface area contributed by atoms with Crippen LogP contribution in [0.1, 0.15) is 41.9 Å². The summed E-state index contributed by atoms with van der Waals surface area (Å²) in [6.45, 7) is 3.99. The zero-order valence-electron chi connectivity index (χ0n) is 14.7. The van der Waals surface area contributed by atoms with Crippen LogP contribution in [-0.4, -0.2) is 11.8 Å². The van der Waals surface area contributed by atoms with Crippen molar-refractivity contribution in [3.63, 3.8) is 0 Å². The van der Waals surface area contributed by atoms with Crippen molar-refractivity contribution in [2.24, 2.45) is 11.8 Å². The molecule has 0 aromatic heterocycles. The molecule has 3 heteroatoms. The largest absolute Gasteiger partial charge is 0.274 e. The van der Waals surface area contributed by atoms with Crippen molar-refractivity contribution in [3.05, 3.63) is 65.2 Å². The van der Waals surface area contributed by atoms with Crippen molar-refractivity contribution in [2.45, 2.75) is 39.0 Å². The van der Waals surface area contributed by atoms with Crippen molar-refractivity contribution in [2.75, 3.05) is 4.90 Å². The second kappa shape index (κ2) is 6.14. The highest BCUT2D eigenvalue weighted by molar-refractivity contribution is 6.22. The first-order chi connectivity index (χ1) is 12.1. The van der Waals surface area contributed by atoms with Gasteiger partial charge in [-0.25, -0.2) is 4.90 Å². The standard InChI is InChI=1S/C22H23NO2/c1-14-8-11-20(15(2)12-14)23-21(24)18-10-9-17(13-19(18)22(23)25)16-6-4-3-5-7-16/h3-8,11-12,17-19H,9-10,13H2,1-2H3. The molecule has 0 radical (unpaired) electrons. The monoisotopic (exact) mass is 333 g/mol. The third kappa shape index (κ3) is 2.68. The van der Waals surface area contributed by atoms with Gasteiger partial charge in [-0.15, -0.1) is 0 Å². The van der Waals surface area contributed by atoms with E-state index in [1.807, 2.05) is 50.2 Å². The summed E-state index contributed by atoms with van der Waals surface area (Å²) in [5.74, 6) is 0.0367. The average Bonchev–Trinajstić information content (AvgIpc) is 2.87. The van der Waals surface area contributed by atoms with Crippen LogP contribution in [-0.2, 0) is 9.59 Å². The van der Waals surface area contributed by atoms with Crippen LogP contribution in [0.5, 0.6) is 0 Å². The number of amides is 2. The molecule has 1 saturated heterocycles. The summed E-state index contributed by atoms with van der Waals surface area (Å²) in [5.41, 5.74) is 4.17. The number of hydrogen-bond acceptors (Lipinski definition) is 2. The van der Waals surface area contributed by atoms with Crippen molar-refractivity contribution in [1.82, 2.24) is 0 Å². The van der Waals surface area contributed by atoms with E-state index in [0.29, 0.717) is 5.92 Å². The highest BCUT2D eigenvalue weighted by Gasteiger charge is 2.50. The number of carbonyl (C=O) groups is 2. The summed E-state index contributed by atoms with van der Waals surface area (Å²) < 4.78 is 0. The van der Waals surface area contributed by atoms with Crippen LogP contribution in [0.15, 0.2) is 48.5 Å². The Morgan fingerprint density at radius 3 is 2.32 bits per heavy atom. The molecule has 128 valence electrons. The Balaban J connectivity index is 1.63. The lowest BCUT2D eigenvalue weighted by Gasteiger charge is -2.28. The Bertz CT molecular complexity index is 827. The number of anilines is 1. The highest BCUT2D eigenvalue weighted by atomic mass is 16.2. The molecule has 2 aromatic rings. The van der Waals surface area contributed by atoms with Gasteiger partial charge in [0.1, 0.15) is 0 Å². The predicted molar refractivity (Wildman–Crippen MR) is 98.4 cm³/mol. The van der Waals surface area contributed by atoms with Gasteiger partial charge in [0.05, 0.1) is 17.5 Å². The topological polar surface area (TPSA) is 37.4 Å². The molecular weight excluding hydrogens is 310 g/mol. The molecular formula is C22H23NO2. The SMILES string of the molecule is Cc1ccc(N2C(=O)C3CCC(c4ccccc4)CC3C2=O)c(C)c1. The first-order valence-electron chi connectivity index (χ1n) is 9.06. The van der Waals surface area contributed by atoms with E-state index >= 15 is 0 Å². The molecule has 2 amide bonds. The van der Waals surface area contributed by atoms with Gasteiger partial charge >= 0.3 is 0 Å². The van der Waals surface area contributed by atoms with Crippen LogP contribution in [0.3, 0.4) is 0 Å². The Hall–Kier alpha value is -2.42. The highest BCUT2D eigenvalue weighted by Crippen LogP contribution is 2.46. The van der Waals surface area contributed by atoms with Gasteiger partial charge in [-0.05, 0) is 56.2 Å². The summed E-state index contributed by atoms with van der Waals surface area (Å²) >= 11 is 0. The summed E-state index contributed by atoms with van der Waals surface area (Å²) in [6.07, 6.45) is 2.56. The minimum Gasteiger partial charge on any atom is -0.274 e. The normalized spacial score (nSPS) is 26.0. The van der Waals surface area contributed by atoms with Crippen molar-refractivity contribution in [1.29, 1.82) is 0 Å². The van der Waals surface area contributed by atoms with Crippen molar-refractivity contribution >= 4 is 17.5 Å². The quantitative estimate of drug-likeness (QED) is 0.765. The molecule has 4 rings (SSSR count). The van der Waals surface area contributed by atoms with Crippen molar-refractivity contribution < 1.29 is 9.59 Å². The van der Waals surface area contributed by atoms with E-state index in [2.05, 4.69) is 12.1 Å². The van der Waals surface area contributed by atoms with Gasteiger partial charge in [0, 0.05) is 0 Å². The van der Waals surface area contributed by atoms with Crippen LogP contribution in [0.2, 0.25) is 0 Å². The van der Waals surface area contributed by atoms with Crippen LogP contribution in [0, 0.1) is 25.7 Å². The fourth-order valence-corrected chi connectivity index (χ4v) is 4.50. The smallest absolute Gasteiger partial charge is 0.237 e. The van der Waals surface area contributed by atoms with Crippen LogP contribution in [0.4, 0.5) is 5.69 Å². The maximum absolute atomic E-state index is 13.1. The van der Waals surface area contributed by atoms with E-state index in [1.165, 1.54) is 10.5 Å². The molecule has 25 heavy (non-hydrogen) atoms. The Labute approximate surface area is 148 Å². The van der Waals surface area contributed by atoms with Gasteiger partial charge in [0.25, 0.3) is 0 Å². The average molecular weight is 333 g/mol. The molecule has 3 nitrogen and oxygen atoms in total. The van der Waals surface area contributed by atoms with Gasteiger partial charge in [-0.2, -0.15) is 0 Å². The molecule has 3 unspecified atom stereocenters. The van der Waals surface area contributed by atoms with Crippen LogP contribution < -0.4 is 4.90 Å². The first-order valence-corrected chi connectivity index (χ1v) is 9.06. The van der Waals surface area contributed by atoms with Crippen LogP contribution >= 0.6 is 0 Å².